The minimum absolute atomic E-state index is 0.0871. The van der Waals surface area contributed by atoms with Crippen LogP contribution in [0, 0.1) is 0 Å². The highest BCUT2D eigenvalue weighted by molar-refractivity contribution is 5.98. The first-order valence-corrected chi connectivity index (χ1v) is 9.14. The van der Waals surface area contributed by atoms with E-state index in [9.17, 15) is 9.59 Å². The molecule has 2 aromatic heterocycles. The van der Waals surface area contributed by atoms with Gasteiger partial charge >= 0.3 is 0 Å². The maximum atomic E-state index is 12.8. The molecule has 1 saturated heterocycles. The van der Waals surface area contributed by atoms with Gasteiger partial charge in [0.2, 0.25) is 0 Å². The fourth-order valence-corrected chi connectivity index (χ4v) is 3.30. The Labute approximate surface area is 153 Å². The van der Waals surface area contributed by atoms with Crippen molar-refractivity contribution < 1.29 is 9.59 Å². The number of amides is 2. The second-order valence-electron chi connectivity index (χ2n) is 6.49. The number of hydrogen-bond acceptors (Lipinski definition) is 4. The second kappa shape index (κ2) is 8.56. The Morgan fingerprint density at radius 3 is 2.85 bits per heavy atom. The summed E-state index contributed by atoms with van der Waals surface area (Å²) in [5.74, 6) is -0.325. The van der Waals surface area contributed by atoms with Gasteiger partial charge < -0.3 is 10.2 Å². The van der Waals surface area contributed by atoms with Crippen LogP contribution in [0.4, 0.5) is 0 Å². The largest absolute Gasteiger partial charge is 0.346 e. The number of nitrogens with one attached hydrogen (secondary N) is 1. The van der Waals surface area contributed by atoms with Crippen molar-refractivity contribution in [2.45, 2.75) is 45.2 Å². The number of nitrogens with zero attached hydrogens (tertiary/aromatic N) is 3. The minimum Gasteiger partial charge on any atom is -0.346 e. The highest BCUT2D eigenvalue weighted by Gasteiger charge is 2.27. The molecule has 1 N–H and O–H groups in total. The highest BCUT2D eigenvalue weighted by atomic mass is 16.2. The van der Waals surface area contributed by atoms with Crippen molar-refractivity contribution in [1.29, 1.82) is 0 Å². The van der Waals surface area contributed by atoms with Gasteiger partial charge in [0, 0.05) is 30.5 Å². The third-order valence-corrected chi connectivity index (χ3v) is 4.76. The van der Waals surface area contributed by atoms with E-state index in [0.717, 1.165) is 37.9 Å². The summed E-state index contributed by atoms with van der Waals surface area (Å²) in [6, 6.07) is 9.02. The van der Waals surface area contributed by atoms with Crippen LogP contribution in [-0.4, -0.2) is 39.3 Å². The first kappa shape index (κ1) is 18.0. The Morgan fingerprint density at radius 1 is 1.19 bits per heavy atom. The van der Waals surface area contributed by atoms with Crippen molar-refractivity contribution in [1.82, 2.24) is 20.2 Å². The van der Waals surface area contributed by atoms with E-state index in [2.05, 4.69) is 22.2 Å². The van der Waals surface area contributed by atoms with Gasteiger partial charge in [0.15, 0.2) is 0 Å². The summed E-state index contributed by atoms with van der Waals surface area (Å²) in [6.07, 6.45) is 7.36. The molecule has 6 heteroatoms. The van der Waals surface area contributed by atoms with Gasteiger partial charge in [0.05, 0.1) is 12.2 Å². The number of carbonyl (C=O) groups is 2. The standard InChI is InChI=1S/C20H24N4O2/c1-2-17-8-4-6-12-24(17)20(26)18-13-15(9-11-22-18)19(25)23-14-16-7-3-5-10-21-16/h3,5,7,9-11,13,17H,2,4,6,8,12,14H2,1H3,(H,23,25). The van der Waals surface area contributed by atoms with Crippen LogP contribution in [0.25, 0.3) is 0 Å². The van der Waals surface area contributed by atoms with Crippen LogP contribution < -0.4 is 5.32 Å². The third-order valence-electron chi connectivity index (χ3n) is 4.76. The van der Waals surface area contributed by atoms with Crippen LogP contribution in [0.3, 0.4) is 0 Å². The van der Waals surface area contributed by atoms with E-state index in [1.807, 2.05) is 23.1 Å². The van der Waals surface area contributed by atoms with Crippen molar-refractivity contribution in [3.05, 3.63) is 59.7 Å². The van der Waals surface area contributed by atoms with Gasteiger partial charge in [-0.05, 0) is 49.9 Å². The molecule has 3 rings (SSSR count). The zero-order valence-electron chi connectivity index (χ0n) is 15.0. The molecular formula is C20H24N4O2. The van der Waals surface area contributed by atoms with Crippen LogP contribution >= 0.6 is 0 Å². The van der Waals surface area contributed by atoms with Crippen LogP contribution in [0.1, 0.15) is 59.1 Å². The summed E-state index contributed by atoms with van der Waals surface area (Å²) in [5.41, 5.74) is 1.55. The van der Waals surface area contributed by atoms with Gasteiger partial charge in [0.1, 0.15) is 5.69 Å². The summed E-state index contributed by atoms with van der Waals surface area (Å²) in [7, 11) is 0. The highest BCUT2D eigenvalue weighted by Crippen LogP contribution is 2.21. The number of rotatable bonds is 5. The number of aromatic nitrogens is 2. The summed E-state index contributed by atoms with van der Waals surface area (Å²) >= 11 is 0. The molecule has 3 heterocycles. The van der Waals surface area contributed by atoms with Gasteiger partial charge in [-0.1, -0.05) is 13.0 Å². The van der Waals surface area contributed by atoms with E-state index >= 15 is 0 Å². The molecule has 0 saturated carbocycles. The summed E-state index contributed by atoms with van der Waals surface area (Å²) in [6.45, 7) is 3.20. The van der Waals surface area contributed by atoms with Crippen LogP contribution in [0.2, 0.25) is 0 Å². The molecule has 0 bridgehead atoms. The van der Waals surface area contributed by atoms with E-state index in [4.69, 9.17) is 0 Å². The summed E-state index contributed by atoms with van der Waals surface area (Å²) in [5, 5.41) is 2.83. The maximum absolute atomic E-state index is 12.8. The molecule has 1 atom stereocenters. The molecule has 0 spiro atoms. The van der Waals surface area contributed by atoms with Crippen molar-refractivity contribution in [3.63, 3.8) is 0 Å². The van der Waals surface area contributed by atoms with E-state index in [1.165, 1.54) is 6.20 Å². The lowest BCUT2D eigenvalue weighted by Gasteiger charge is -2.35. The molecule has 1 aliphatic rings. The Balaban J connectivity index is 1.69. The third kappa shape index (κ3) is 4.25. The lowest BCUT2D eigenvalue weighted by molar-refractivity contribution is 0.0602. The molecular weight excluding hydrogens is 328 g/mol. The van der Waals surface area contributed by atoms with Crippen LogP contribution in [0.5, 0.6) is 0 Å². The lowest BCUT2D eigenvalue weighted by atomic mass is 9.99. The second-order valence-corrected chi connectivity index (χ2v) is 6.49. The van der Waals surface area contributed by atoms with Crippen molar-refractivity contribution in [2.24, 2.45) is 0 Å². The van der Waals surface area contributed by atoms with Gasteiger partial charge in [0.25, 0.3) is 11.8 Å². The number of likely N-dealkylation sites (tertiary alicyclic amines) is 1. The number of piperidine rings is 1. The first-order valence-electron chi connectivity index (χ1n) is 9.14. The van der Waals surface area contributed by atoms with E-state index in [0.29, 0.717) is 17.8 Å². The Bertz CT molecular complexity index is 763. The Morgan fingerprint density at radius 2 is 2.08 bits per heavy atom. The molecule has 6 nitrogen and oxygen atoms in total. The van der Waals surface area contributed by atoms with E-state index in [1.54, 1.807) is 18.3 Å². The zero-order chi connectivity index (χ0) is 18.4. The fourth-order valence-electron chi connectivity index (χ4n) is 3.30. The van der Waals surface area contributed by atoms with Gasteiger partial charge in [-0.3, -0.25) is 19.6 Å². The van der Waals surface area contributed by atoms with Crippen molar-refractivity contribution >= 4 is 11.8 Å². The molecule has 26 heavy (non-hydrogen) atoms. The first-order chi connectivity index (χ1) is 12.7. The monoisotopic (exact) mass is 352 g/mol. The van der Waals surface area contributed by atoms with E-state index in [-0.39, 0.29) is 17.9 Å². The van der Waals surface area contributed by atoms with Crippen LogP contribution in [0.15, 0.2) is 42.7 Å². The maximum Gasteiger partial charge on any atom is 0.272 e. The molecule has 136 valence electrons. The topological polar surface area (TPSA) is 75.2 Å². The van der Waals surface area contributed by atoms with Gasteiger partial charge in [-0.2, -0.15) is 0 Å². The predicted octanol–water partition coefficient (Wildman–Crippen LogP) is 2.81. The van der Waals surface area contributed by atoms with Gasteiger partial charge in [-0.15, -0.1) is 0 Å². The fraction of sp³-hybridized carbons (Fsp3) is 0.400. The molecule has 0 aromatic carbocycles. The summed E-state index contributed by atoms with van der Waals surface area (Å²) < 4.78 is 0. The van der Waals surface area contributed by atoms with Crippen LogP contribution in [-0.2, 0) is 6.54 Å². The molecule has 2 aromatic rings. The molecule has 1 fully saturated rings. The number of pyridine rings is 2. The normalized spacial score (nSPS) is 17.0. The molecule has 2 amide bonds. The SMILES string of the molecule is CCC1CCCCN1C(=O)c1cc(C(=O)NCc2ccccn2)ccn1. The van der Waals surface area contributed by atoms with Crippen molar-refractivity contribution in [2.75, 3.05) is 6.54 Å². The van der Waals surface area contributed by atoms with Gasteiger partial charge in [-0.25, -0.2) is 0 Å². The zero-order valence-corrected chi connectivity index (χ0v) is 15.0. The molecule has 0 radical (unpaired) electrons. The smallest absolute Gasteiger partial charge is 0.272 e. The molecule has 1 aliphatic heterocycles. The predicted molar refractivity (Wildman–Crippen MR) is 98.6 cm³/mol. The quantitative estimate of drug-likeness (QED) is 0.898. The molecule has 0 aliphatic carbocycles. The number of hydrogen-bond donors (Lipinski definition) is 1. The van der Waals surface area contributed by atoms with E-state index < -0.39 is 0 Å². The number of carbonyl (C=O) groups excluding carboxylic acids is 2. The Kier molecular flexibility index (Phi) is 5.94. The van der Waals surface area contributed by atoms with Crippen molar-refractivity contribution in [3.8, 4) is 0 Å². The lowest BCUT2D eigenvalue weighted by Crippen LogP contribution is -2.43. The minimum atomic E-state index is -0.238. The average molecular weight is 352 g/mol. The average Bonchev–Trinajstić information content (AvgIpc) is 2.72. The Hall–Kier alpha value is -2.76. The summed E-state index contributed by atoms with van der Waals surface area (Å²) in [4.78, 5) is 35.5. The molecule has 1 unspecified atom stereocenters.